The van der Waals surface area contributed by atoms with E-state index in [9.17, 15) is 9.18 Å². The highest BCUT2D eigenvalue weighted by molar-refractivity contribution is 6.00. The third-order valence-corrected chi connectivity index (χ3v) is 8.68. The average molecular weight is 647 g/mol. The molecule has 0 atom stereocenters. The van der Waals surface area contributed by atoms with E-state index in [1.54, 1.807) is 6.20 Å². The summed E-state index contributed by atoms with van der Waals surface area (Å²) in [6, 6.07) is 24.7. The summed E-state index contributed by atoms with van der Waals surface area (Å²) in [5.74, 6) is 0.519. The molecule has 43 heavy (non-hydrogen) atoms. The van der Waals surface area contributed by atoms with Crippen LogP contribution >= 0.6 is 37.2 Å². The highest BCUT2D eigenvalue weighted by Gasteiger charge is 2.42. The number of halogens is 4. The Labute approximate surface area is 271 Å². The summed E-state index contributed by atoms with van der Waals surface area (Å²) in [6.07, 6.45) is 6.25. The summed E-state index contributed by atoms with van der Waals surface area (Å²) in [6.45, 7) is 6.05. The van der Waals surface area contributed by atoms with Gasteiger partial charge in [-0.15, -0.1) is 37.2 Å². The Kier molecular flexibility index (Phi) is 12.0. The van der Waals surface area contributed by atoms with Gasteiger partial charge in [0.25, 0.3) is 0 Å². The Hall–Kier alpha value is -3.10. The SMILES string of the molecule is CC1CCC(c2cccc(NC(=O)Nc3cnc4ccccc4c3)c2)(N2CCN(c3ccc(F)cc3)CC2)CC1.Cl.Cl.Cl. The van der Waals surface area contributed by atoms with E-state index in [4.69, 9.17) is 0 Å². The largest absolute Gasteiger partial charge is 0.369 e. The second kappa shape index (κ2) is 15.1. The van der Waals surface area contributed by atoms with Crippen LogP contribution in [0.5, 0.6) is 0 Å². The number of carbonyl (C=O) groups excluding carboxylic acids is 1. The molecule has 2 aliphatic rings. The van der Waals surface area contributed by atoms with Gasteiger partial charge in [-0.25, -0.2) is 9.18 Å². The molecule has 230 valence electrons. The third-order valence-electron chi connectivity index (χ3n) is 8.68. The van der Waals surface area contributed by atoms with Crippen molar-refractivity contribution in [2.45, 2.75) is 38.1 Å². The third kappa shape index (κ3) is 7.71. The maximum atomic E-state index is 13.4. The van der Waals surface area contributed by atoms with Gasteiger partial charge in [-0.1, -0.05) is 37.3 Å². The van der Waals surface area contributed by atoms with Gasteiger partial charge in [-0.2, -0.15) is 0 Å². The fourth-order valence-electron chi connectivity index (χ4n) is 6.39. The van der Waals surface area contributed by atoms with E-state index in [-0.39, 0.29) is 54.6 Å². The molecule has 6 nitrogen and oxygen atoms in total. The molecule has 2 amide bonds. The van der Waals surface area contributed by atoms with Crippen LogP contribution < -0.4 is 15.5 Å². The van der Waals surface area contributed by atoms with E-state index in [2.05, 4.69) is 50.5 Å². The number of nitrogens with zero attached hydrogens (tertiary/aromatic N) is 3. The molecule has 0 radical (unpaired) electrons. The number of fused-ring (bicyclic) bond motifs is 1. The van der Waals surface area contributed by atoms with Gasteiger partial charge in [-0.05, 0) is 85.7 Å². The first kappa shape index (κ1) is 34.4. The molecule has 6 rings (SSSR count). The number of aromatic nitrogens is 1. The Bertz CT molecular complexity index is 1490. The second-order valence-corrected chi connectivity index (χ2v) is 11.2. The summed E-state index contributed by atoms with van der Waals surface area (Å²) in [5.41, 5.74) is 4.62. The Morgan fingerprint density at radius 3 is 2.23 bits per heavy atom. The zero-order valence-corrected chi connectivity index (χ0v) is 26.6. The summed E-state index contributed by atoms with van der Waals surface area (Å²) < 4.78 is 13.4. The molecule has 1 saturated carbocycles. The van der Waals surface area contributed by atoms with Crippen LogP contribution in [-0.2, 0) is 5.54 Å². The molecule has 1 saturated heterocycles. The highest BCUT2D eigenvalue weighted by atomic mass is 35.5. The minimum absolute atomic E-state index is 0. The quantitative estimate of drug-likeness (QED) is 0.228. The van der Waals surface area contributed by atoms with Gasteiger partial charge < -0.3 is 15.5 Å². The molecule has 1 aliphatic heterocycles. The Morgan fingerprint density at radius 2 is 1.51 bits per heavy atom. The van der Waals surface area contributed by atoms with E-state index in [1.165, 1.54) is 30.5 Å². The van der Waals surface area contributed by atoms with Crippen LogP contribution in [0.3, 0.4) is 0 Å². The molecule has 1 aromatic heterocycles. The van der Waals surface area contributed by atoms with E-state index in [0.29, 0.717) is 5.69 Å². The number of nitrogens with one attached hydrogen (secondary N) is 2. The average Bonchev–Trinajstić information content (AvgIpc) is 2.98. The number of hydrogen-bond donors (Lipinski definition) is 2. The molecular weight excluding hydrogens is 608 g/mol. The topological polar surface area (TPSA) is 60.5 Å². The van der Waals surface area contributed by atoms with Gasteiger partial charge in [0.1, 0.15) is 5.82 Å². The number of hydrogen-bond acceptors (Lipinski definition) is 4. The first-order valence-corrected chi connectivity index (χ1v) is 14.3. The van der Waals surface area contributed by atoms with Crippen LogP contribution in [0.15, 0.2) is 85.1 Å². The van der Waals surface area contributed by atoms with Crippen molar-refractivity contribution >= 4 is 71.2 Å². The molecule has 3 aromatic carbocycles. The normalized spacial score (nSPS) is 20.2. The number of benzene rings is 3. The van der Waals surface area contributed by atoms with Crippen molar-refractivity contribution < 1.29 is 9.18 Å². The molecule has 0 unspecified atom stereocenters. The lowest BCUT2D eigenvalue weighted by Crippen LogP contribution is -2.56. The number of urea groups is 1. The molecule has 0 spiro atoms. The molecule has 0 bridgehead atoms. The number of rotatable bonds is 5. The van der Waals surface area contributed by atoms with Crippen molar-refractivity contribution in [3.8, 4) is 0 Å². The van der Waals surface area contributed by atoms with Crippen molar-refractivity contribution in [2.75, 3.05) is 41.7 Å². The first-order valence-electron chi connectivity index (χ1n) is 14.3. The smallest absolute Gasteiger partial charge is 0.323 e. The number of pyridine rings is 1. The minimum Gasteiger partial charge on any atom is -0.369 e. The maximum absolute atomic E-state index is 13.4. The zero-order chi connectivity index (χ0) is 27.5. The van der Waals surface area contributed by atoms with Gasteiger partial charge in [-0.3, -0.25) is 9.88 Å². The van der Waals surface area contributed by atoms with E-state index in [1.807, 2.05) is 48.5 Å². The Morgan fingerprint density at radius 1 is 0.837 bits per heavy atom. The first-order chi connectivity index (χ1) is 19.5. The summed E-state index contributed by atoms with van der Waals surface area (Å²) in [5, 5.41) is 6.96. The van der Waals surface area contributed by atoms with Crippen molar-refractivity contribution in [3.05, 3.63) is 96.4 Å². The van der Waals surface area contributed by atoms with Crippen molar-refractivity contribution in [3.63, 3.8) is 0 Å². The molecule has 2 fully saturated rings. The molecule has 4 aromatic rings. The lowest BCUT2D eigenvalue weighted by Gasteiger charge is -2.51. The number of anilines is 3. The van der Waals surface area contributed by atoms with Crippen LogP contribution in [-0.4, -0.2) is 42.1 Å². The summed E-state index contributed by atoms with van der Waals surface area (Å²) in [4.78, 5) is 22.4. The van der Waals surface area contributed by atoms with Gasteiger partial charge >= 0.3 is 6.03 Å². The summed E-state index contributed by atoms with van der Waals surface area (Å²) in [7, 11) is 0. The zero-order valence-electron chi connectivity index (χ0n) is 24.2. The molecule has 2 heterocycles. The summed E-state index contributed by atoms with van der Waals surface area (Å²) >= 11 is 0. The maximum Gasteiger partial charge on any atom is 0.323 e. The lowest BCUT2D eigenvalue weighted by molar-refractivity contribution is 0.0299. The monoisotopic (exact) mass is 645 g/mol. The molecule has 10 heteroatoms. The van der Waals surface area contributed by atoms with Crippen LogP contribution in [0.2, 0.25) is 0 Å². The van der Waals surface area contributed by atoms with Gasteiger partial charge in [0.05, 0.1) is 17.4 Å². The number of para-hydroxylation sites is 1. The van der Waals surface area contributed by atoms with Crippen molar-refractivity contribution in [2.24, 2.45) is 5.92 Å². The van der Waals surface area contributed by atoms with Crippen LogP contribution in [0.4, 0.5) is 26.2 Å². The predicted molar refractivity (Wildman–Crippen MR) is 182 cm³/mol. The van der Waals surface area contributed by atoms with Gasteiger partial charge in [0.15, 0.2) is 0 Å². The Balaban J connectivity index is 0.00000169. The van der Waals surface area contributed by atoms with Crippen LogP contribution in [0, 0.1) is 11.7 Å². The van der Waals surface area contributed by atoms with E-state index >= 15 is 0 Å². The number of carbonyl (C=O) groups is 1. The molecule has 1 aliphatic carbocycles. The van der Waals surface area contributed by atoms with Crippen molar-refractivity contribution in [1.82, 2.24) is 9.88 Å². The van der Waals surface area contributed by atoms with Crippen LogP contribution in [0.25, 0.3) is 10.9 Å². The standard InChI is InChI=1S/C33H36FN5O.3ClH/c1-24-13-15-33(16-14-24,39-19-17-38(18-20-39)30-11-9-27(34)10-12-30)26-6-4-7-28(22-26)36-32(40)37-29-21-25-5-2-3-8-31(25)35-23-29;;;/h2-12,21-24H,13-20H2,1H3,(H2,36,37,40);3*1H. The number of amides is 2. The predicted octanol–water partition coefficient (Wildman–Crippen LogP) is 8.51. The van der Waals surface area contributed by atoms with Gasteiger partial charge in [0, 0.05) is 48.5 Å². The number of piperazine rings is 1. The minimum atomic E-state index is -0.284. The molecular formula is C33H39Cl3FN5O. The lowest BCUT2D eigenvalue weighted by atomic mass is 9.71. The molecule has 2 N–H and O–H groups in total. The van der Waals surface area contributed by atoms with E-state index < -0.39 is 0 Å². The fourth-order valence-corrected chi connectivity index (χ4v) is 6.39. The van der Waals surface area contributed by atoms with Crippen LogP contribution in [0.1, 0.15) is 38.2 Å². The highest BCUT2D eigenvalue weighted by Crippen LogP contribution is 2.45. The fraction of sp³-hybridized carbons (Fsp3) is 0.333. The van der Waals surface area contributed by atoms with E-state index in [0.717, 1.165) is 67.2 Å². The van der Waals surface area contributed by atoms with Crippen molar-refractivity contribution in [1.29, 1.82) is 0 Å². The second-order valence-electron chi connectivity index (χ2n) is 11.2. The van der Waals surface area contributed by atoms with Gasteiger partial charge in [0.2, 0.25) is 0 Å².